The molecule has 1 aromatic carbocycles. The van der Waals surface area contributed by atoms with Crippen molar-refractivity contribution in [1.82, 2.24) is 10.2 Å². The van der Waals surface area contributed by atoms with Gasteiger partial charge in [0.15, 0.2) is 0 Å². The first-order valence-corrected chi connectivity index (χ1v) is 7.40. The molecular formula is C16H23FN2O2. The molecule has 0 aliphatic carbocycles. The number of amides is 2. The SMILES string of the molecule is CCCN(CCC)C(=O)C(=O)NCCc1ccc(F)cc1. The summed E-state index contributed by atoms with van der Waals surface area (Å²) in [5, 5.41) is 2.62. The molecule has 2 amide bonds. The Kier molecular flexibility index (Phi) is 7.43. The number of hydrogen-bond acceptors (Lipinski definition) is 2. The van der Waals surface area contributed by atoms with Gasteiger partial charge in [-0.15, -0.1) is 0 Å². The third-order valence-corrected chi connectivity index (χ3v) is 3.08. The largest absolute Gasteiger partial charge is 0.347 e. The molecule has 0 saturated carbocycles. The Morgan fingerprint density at radius 1 is 1.10 bits per heavy atom. The number of rotatable bonds is 7. The highest BCUT2D eigenvalue weighted by atomic mass is 19.1. The molecule has 0 heterocycles. The van der Waals surface area contributed by atoms with Gasteiger partial charge in [-0.1, -0.05) is 26.0 Å². The van der Waals surface area contributed by atoms with Crippen molar-refractivity contribution in [2.75, 3.05) is 19.6 Å². The third kappa shape index (κ3) is 5.94. The van der Waals surface area contributed by atoms with Gasteiger partial charge in [0.05, 0.1) is 0 Å². The number of nitrogens with zero attached hydrogens (tertiary/aromatic N) is 1. The lowest BCUT2D eigenvalue weighted by Gasteiger charge is -2.20. The van der Waals surface area contributed by atoms with Gasteiger partial charge < -0.3 is 10.2 Å². The van der Waals surface area contributed by atoms with Gasteiger partial charge >= 0.3 is 11.8 Å². The second-order valence-corrected chi connectivity index (χ2v) is 4.92. The normalized spacial score (nSPS) is 10.2. The minimum absolute atomic E-state index is 0.285. The Balaban J connectivity index is 2.41. The molecule has 1 N–H and O–H groups in total. The van der Waals surface area contributed by atoms with Crippen LogP contribution in [0.2, 0.25) is 0 Å². The van der Waals surface area contributed by atoms with Gasteiger partial charge in [0.2, 0.25) is 0 Å². The Morgan fingerprint density at radius 2 is 1.67 bits per heavy atom. The first-order chi connectivity index (χ1) is 10.1. The van der Waals surface area contributed by atoms with Crippen molar-refractivity contribution in [3.63, 3.8) is 0 Å². The molecule has 0 atom stereocenters. The highest BCUT2D eigenvalue weighted by molar-refractivity contribution is 6.35. The Morgan fingerprint density at radius 3 is 2.19 bits per heavy atom. The van der Waals surface area contributed by atoms with E-state index >= 15 is 0 Å². The van der Waals surface area contributed by atoms with Gasteiger partial charge in [-0.25, -0.2) is 4.39 Å². The molecule has 4 nitrogen and oxygen atoms in total. The molecule has 0 saturated heterocycles. The second kappa shape index (κ2) is 9.10. The van der Waals surface area contributed by atoms with Gasteiger partial charge in [-0.2, -0.15) is 0 Å². The molecule has 5 heteroatoms. The molecule has 0 fully saturated rings. The van der Waals surface area contributed by atoms with Crippen LogP contribution >= 0.6 is 0 Å². The maximum Gasteiger partial charge on any atom is 0.311 e. The highest BCUT2D eigenvalue weighted by Crippen LogP contribution is 2.03. The average Bonchev–Trinajstić information content (AvgIpc) is 2.48. The Labute approximate surface area is 125 Å². The molecule has 1 rings (SSSR count). The summed E-state index contributed by atoms with van der Waals surface area (Å²) in [5.74, 6) is -1.33. The summed E-state index contributed by atoms with van der Waals surface area (Å²) in [6, 6.07) is 6.10. The molecular weight excluding hydrogens is 271 g/mol. The lowest BCUT2D eigenvalue weighted by Crippen LogP contribution is -2.44. The quantitative estimate of drug-likeness (QED) is 0.783. The van der Waals surface area contributed by atoms with Crippen molar-refractivity contribution in [2.45, 2.75) is 33.1 Å². The number of benzene rings is 1. The number of carbonyl (C=O) groups excluding carboxylic acids is 2. The van der Waals surface area contributed by atoms with Gasteiger partial charge in [-0.05, 0) is 37.0 Å². The molecule has 0 aliphatic rings. The van der Waals surface area contributed by atoms with Crippen LogP contribution in [-0.2, 0) is 16.0 Å². The monoisotopic (exact) mass is 294 g/mol. The van der Waals surface area contributed by atoms with Crippen molar-refractivity contribution in [3.05, 3.63) is 35.6 Å². The van der Waals surface area contributed by atoms with Crippen molar-refractivity contribution >= 4 is 11.8 Å². The second-order valence-electron chi connectivity index (χ2n) is 4.92. The fraction of sp³-hybridized carbons (Fsp3) is 0.500. The minimum atomic E-state index is -0.570. The molecule has 1 aromatic rings. The summed E-state index contributed by atoms with van der Waals surface area (Å²) >= 11 is 0. The number of hydrogen-bond donors (Lipinski definition) is 1. The maximum atomic E-state index is 12.8. The fourth-order valence-electron chi connectivity index (χ4n) is 2.05. The molecule has 0 unspecified atom stereocenters. The van der Waals surface area contributed by atoms with E-state index in [9.17, 15) is 14.0 Å². The summed E-state index contributed by atoms with van der Waals surface area (Å²) < 4.78 is 12.8. The predicted molar refractivity (Wildman–Crippen MR) is 80.3 cm³/mol. The van der Waals surface area contributed by atoms with E-state index in [0.717, 1.165) is 18.4 Å². The molecule has 0 bridgehead atoms. The van der Waals surface area contributed by atoms with Gasteiger partial charge in [0.1, 0.15) is 5.82 Å². The Bertz CT molecular complexity index is 454. The van der Waals surface area contributed by atoms with Crippen LogP contribution in [0.15, 0.2) is 24.3 Å². The van der Waals surface area contributed by atoms with E-state index in [-0.39, 0.29) is 5.82 Å². The summed E-state index contributed by atoms with van der Waals surface area (Å²) in [6.45, 7) is 5.50. The van der Waals surface area contributed by atoms with E-state index in [2.05, 4.69) is 5.32 Å². The van der Waals surface area contributed by atoms with Gasteiger partial charge in [-0.3, -0.25) is 9.59 Å². The number of halogens is 1. The molecule has 0 aromatic heterocycles. The molecule has 0 spiro atoms. The summed E-state index contributed by atoms with van der Waals surface area (Å²) in [7, 11) is 0. The van der Waals surface area contributed by atoms with Crippen LogP contribution in [-0.4, -0.2) is 36.3 Å². The van der Waals surface area contributed by atoms with Crippen LogP contribution in [0.25, 0.3) is 0 Å². The van der Waals surface area contributed by atoms with Crippen molar-refractivity contribution in [1.29, 1.82) is 0 Å². The number of carbonyl (C=O) groups is 2. The van der Waals surface area contributed by atoms with E-state index in [0.29, 0.717) is 26.1 Å². The summed E-state index contributed by atoms with van der Waals surface area (Å²) in [5.41, 5.74) is 0.920. The fourth-order valence-corrected chi connectivity index (χ4v) is 2.05. The van der Waals surface area contributed by atoms with E-state index in [1.165, 1.54) is 12.1 Å². The first kappa shape index (κ1) is 17.1. The lowest BCUT2D eigenvalue weighted by molar-refractivity contribution is -0.145. The minimum Gasteiger partial charge on any atom is -0.347 e. The van der Waals surface area contributed by atoms with Crippen LogP contribution in [0.5, 0.6) is 0 Å². The predicted octanol–water partition coefficient (Wildman–Crippen LogP) is 2.13. The molecule has 0 radical (unpaired) electrons. The average molecular weight is 294 g/mol. The lowest BCUT2D eigenvalue weighted by atomic mass is 10.1. The topological polar surface area (TPSA) is 49.4 Å². The third-order valence-electron chi connectivity index (χ3n) is 3.08. The number of nitrogens with one attached hydrogen (secondary N) is 1. The van der Waals surface area contributed by atoms with Crippen molar-refractivity contribution in [2.24, 2.45) is 0 Å². The van der Waals surface area contributed by atoms with Crippen LogP contribution in [0.4, 0.5) is 4.39 Å². The standard InChI is InChI=1S/C16H23FN2O2/c1-3-11-19(12-4-2)16(21)15(20)18-10-9-13-5-7-14(17)8-6-13/h5-8H,3-4,9-12H2,1-2H3,(H,18,20). The smallest absolute Gasteiger partial charge is 0.311 e. The zero-order valence-corrected chi connectivity index (χ0v) is 12.7. The van der Waals surface area contributed by atoms with Crippen LogP contribution in [0.1, 0.15) is 32.3 Å². The van der Waals surface area contributed by atoms with E-state index in [1.807, 2.05) is 13.8 Å². The molecule has 0 aliphatic heterocycles. The maximum absolute atomic E-state index is 12.8. The van der Waals surface area contributed by atoms with E-state index in [1.54, 1.807) is 17.0 Å². The van der Waals surface area contributed by atoms with Crippen molar-refractivity contribution < 1.29 is 14.0 Å². The molecule has 21 heavy (non-hydrogen) atoms. The highest BCUT2D eigenvalue weighted by Gasteiger charge is 2.19. The Hall–Kier alpha value is -1.91. The van der Waals surface area contributed by atoms with Crippen LogP contribution in [0, 0.1) is 5.82 Å². The molecule has 116 valence electrons. The van der Waals surface area contributed by atoms with Crippen LogP contribution in [0.3, 0.4) is 0 Å². The van der Waals surface area contributed by atoms with E-state index < -0.39 is 11.8 Å². The summed E-state index contributed by atoms with van der Waals surface area (Å²) in [4.78, 5) is 25.4. The van der Waals surface area contributed by atoms with Crippen molar-refractivity contribution in [3.8, 4) is 0 Å². The zero-order valence-electron chi connectivity index (χ0n) is 12.7. The van der Waals surface area contributed by atoms with Crippen LogP contribution < -0.4 is 5.32 Å². The van der Waals surface area contributed by atoms with E-state index in [4.69, 9.17) is 0 Å². The van der Waals surface area contributed by atoms with Gasteiger partial charge in [0.25, 0.3) is 0 Å². The first-order valence-electron chi connectivity index (χ1n) is 7.40. The van der Waals surface area contributed by atoms with Gasteiger partial charge in [0, 0.05) is 19.6 Å². The summed E-state index contributed by atoms with van der Waals surface area (Å²) in [6.07, 6.45) is 2.23. The zero-order chi connectivity index (χ0) is 15.7.